The number of urea groups is 1. The van der Waals surface area contributed by atoms with Crippen LogP contribution >= 0.6 is 0 Å². The van der Waals surface area contributed by atoms with Gasteiger partial charge in [0.25, 0.3) is 0 Å². The van der Waals surface area contributed by atoms with Crippen molar-refractivity contribution >= 4 is 6.03 Å². The normalized spacial score (nSPS) is 10.2. The average molecular weight is 280 g/mol. The second-order valence-corrected chi connectivity index (χ2v) is 4.86. The Morgan fingerprint density at radius 2 is 1.80 bits per heavy atom. The summed E-state index contributed by atoms with van der Waals surface area (Å²) in [5, 5.41) is 5.55. The summed E-state index contributed by atoms with van der Waals surface area (Å²) in [7, 11) is 1.60. The zero-order valence-corrected chi connectivity index (χ0v) is 12.4. The van der Waals surface area contributed by atoms with Gasteiger partial charge in [-0.15, -0.1) is 0 Å². The molecule has 1 rings (SSSR count). The third-order valence-electron chi connectivity index (χ3n) is 2.72. The molecule has 0 radical (unpaired) electrons. The zero-order valence-electron chi connectivity index (χ0n) is 12.4. The maximum atomic E-state index is 11.5. The zero-order chi connectivity index (χ0) is 14.8. The number of benzene rings is 1. The topological polar surface area (TPSA) is 59.6 Å². The predicted octanol–water partition coefficient (Wildman–Crippen LogP) is 2.42. The van der Waals surface area contributed by atoms with Crippen LogP contribution in [0, 0.1) is 5.92 Å². The molecule has 0 spiro atoms. The van der Waals surface area contributed by atoms with E-state index in [2.05, 4.69) is 24.5 Å². The van der Waals surface area contributed by atoms with E-state index < -0.39 is 0 Å². The van der Waals surface area contributed by atoms with E-state index in [4.69, 9.17) is 9.47 Å². The van der Waals surface area contributed by atoms with Crippen molar-refractivity contribution in [3.63, 3.8) is 0 Å². The number of carbonyl (C=O) groups is 1. The molecule has 1 aromatic rings. The highest BCUT2D eigenvalue weighted by Gasteiger charge is 2.03. The van der Waals surface area contributed by atoms with E-state index in [0.717, 1.165) is 6.42 Å². The lowest BCUT2D eigenvalue weighted by Gasteiger charge is -2.11. The highest BCUT2D eigenvalue weighted by molar-refractivity contribution is 5.73. The fourth-order valence-electron chi connectivity index (χ4n) is 1.60. The molecule has 0 heterocycles. The van der Waals surface area contributed by atoms with Gasteiger partial charge in [0.15, 0.2) is 11.5 Å². The predicted molar refractivity (Wildman–Crippen MR) is 79.3 cm³/mol. The number of ether oxygens (including phenoxy) is 2. The van der Waals surface area contributed by atoms with Crippen LogP contribution in [0.5, 0.6) is 11.5 Å². The lowest BCUT2D eigenvalue weighted by atomic mass is 10.1. The molecule has 0 saturated heterocycles. The van der Waals surface area contributed by atoms with E-state index in [-0.39, 0.29) is 6.03 Å². The molecule has 2 amide bonds. The molecule has 20 heavy (non-hydrogen) atoms. The van der Waals surface area contributed by atoms with Gasteiger partial charge in [0.05, 0.1) is 13.7 Å². The molecule has 0 aromatic heterocycles. The maximum absolute atomic E-state index is 11.5. The van der Waals surface area contributed by atoms with E-state index in [1.165, 1.54) is 0 Å². The summed E-state index contributed by atoms with van der Waals surface area (Å²) < 4.78 is 10.7. The van der Waals surface area contributed by atoms with E-state index in [9.17, 15) is 4.79 Å². The molecule has 5 heteroatoms. The highest BCUT2D eigenvalue weighted by Crippen LogP contribution is 2.25. The van der Waals surface area contributed by atoms with Crippen molar-refractivity contribution in [1.29, 1.82) is 0 Å². The van der Waals surface area contributed by atoms with Gasteiger partial charge in [-0.3, -0.25) is 0 Å². The highest BCUT2D eigenvalue weighted by atomic mass is 16.5. The van der Waals surface area contributed by atoms with Crippen molar-refractivity contribution in [3.8, 4) is 11.5 Å². The van der Waals surface area contributed by atoms with Crippen LogP contribution in [0.1, 0.15) is 20.3 Å². The summed E-state index contributed by atoms with van der Waals surface area (Å²) in [6.07, 6.45) is 0.977. The lowest BCUT2D eigenvalue weighted by molar-refractivity contribution is 0.235. The monoisotopic (exact) mass is 280 g/mol. The van der Waals surface area contributed by atoms with E-state index >= 15 is 0 Å². The Labute approximate surface area is 120 Å². The molecule has 1 aromatic carbocycles. The van der Waals surface area contributed by atoms with Crippen molar-refractivity contribution < 1.29 is 14.3 Å². The molecule has 0 aliphatic carbocycles. The van der Waals surface area contributed by atoms with Gasteiger partial charge in [0.2, 0.25) is 0 Å². The third-order valence-corrected chi connectivity index (χ3v) is 2.72. The quantitative estimate of drug-likeness (QED) is 0.719. The Hall–Kier alpha value is -1.91. The van der Waals surface area contributed by atoms with Crippen molar-refractivity contribution in [2.75, 3.05) is 26.8 Å². The standard InChI is InChI=1S/C15H24N2O3/c1-12(2)8-9-16-15(18)17-10-11-20-14-7-5-4-6-13(14)19-3/h4-7,12H,8-11H2,1-3H3,(H2,16,17,18). The minimum Gasteiger partial charge on any atom is -0.493 e. The van der Waals surface area contributed by atoms with Gasteiger partial charge >= 0.3 is 6.03 Å². The molecule has 0 atom stereocenters. The van der Waals surface area contributed by atoms with Gasteiger partial charge in [-0.05, 0) is 24.5 Å². The van der Waals surface area contributed by atoms with Crippen molar-refractivity contribution in [2.24, 2.45) is 5.92 Å². The van der Waals surface area contributed by atoms with Crippen LogP contribution in [0.4, 0.5) is 4.79 Å². The minimum absolute atomic E-state index is 0.158. The van der Waals surface area contributed by atoms with Gasteiger partial charge in [-0.1, -0.05) is 26.0 Å². The summed E-state index contributed by atoms with van der Waals surface area (Å²) in [6, 6.07) is 7.27. The van der Waals surface area contributed by atoms with Crippen LogP contribution in [0.15, 0.2) is 24.3 Å². The molecule has 0 saturated carbocycles. The van der Waals surface area contributed by atoms with Crippen LogP contribution in [-0.2, 0) is 0 Å². The van der Waals surface area contributed by atoms with Crippen molar-refractivity contribution in [2.45, 2.75) is 20.3 Å². The first-order chi connectivity index (χ1) is 9.63. The Bertz CT molecular complexity index is 408. The van der Waals surface area contributed by atoms with Gasteiger partial charge in [0, 0.05) is 6.54 Å². The molecule has 0 fully saturated rings. The van der Waals surface area contributed by atoms with Crippen molar-refractivity contribution in [1.82, 2.24) is 10.6 Å². The molecular formula is C15H24N2O3. The molecule has 2 N–H and O–H groups in total. The Morgan fingerprint density at radius 3 is 2.45 bits per heavy atom. The molecule has 112 valence electrons. The van der Waals surface area contributed by atoms with Crippen molar-refractivity contribution in [3.05, 3.63) is 24.3 Å². The molecule has 0 aliphatic heterocycles. The summed E-state index contributed by atoms with van der Waals surface area (Å²) in [5.74, 6) is 1.95. The van der Waals surface area contributed by atoms with E-state index in [1.807, 2.05) is 24.3 Å². The first-order valence-corrected chi connectivity index (χ1v) is 6.91. The number of amides is 2. The van der Waals surface area contributed by atoms with E-state index in [0.29, 0.717) is 37.1 Å². The smallest absolute Gasteiger partial charge is 0.314 e. The van der Waals surface area contributed by atoms with Gasteiger partial charge in [0.1, 0.15) is 6.61 Å². The molecule has 0 unspecified atom stereocenters. The Morgan fingerprint density at radius 1 is 1.15 bits per heavy atom. The number of rotatable bonds is 8. The Balaban J connectivity index is 2.16. The number of nitrogens with one attached hydrogen (secondary N) is 2. The second-order valence-electron chi connectivity index (χ2n) is 4.86. The maximum Gasteiger partial charge on any atom is 0.314 e. The molecular weight excluding hydrogens is 256 g/mol. The van der Waals surface area contributed by atoms with Gasteiger partial charge in [-0.25, -0.2) is 4.79 Å². The number of hydrogen-bond acceptors (Lipinski definition) is 3. The second kappa shape index (κ2) is 9.07. The first-order valence-electron chi connectivity index (χ1n) is 6.91. The number of methoxy groups -OCH3 is 1. The number of para-hydroxylation sites is 2. The summed E-state index contributed by atoms with van der Waals surface area (Å²) >= 11 is 0. The number of carbonyl (C=O) groups excluding carboxylic acids is 1. The summed E-state index contributed by atoms with van der Waals surface area (Å²) in [5.41, 5.74) is 0. The van der Waals surface area contributed by atoms with Crippen LogP contribution < -0.4 is 20.1 Å². The summed E-state index contributed by atoms with van der Waals surface area (Å²) in [4.78, 5) is 11.5. The van der Waals surface area contributed by atoms with E-state index in [1.54, 1.807) is 7.11 Å². The molecule has 0 bridgehead atoms. The van der Waals surface area contributed by atoms with Gasteiger partial charge < -0.3 is 20.1 Å². The third kappa shape index (κ3) is 6.31. The van der Waals surface area contributed by atoms with Crippen LogP contribution in [0.2, 0.25) is 0 Å². The number of hydrogen-bond donors (Lipinski definition) is 2. The van der Waals surface area contributed by atoms with Gasteiger partial charge in [-0.2, -0.15) is 0 Å². The fourth-order valence-corrected chi connectivity index (χ4v) is 1.60. The Kier molecular flexibility index (Phi) is 7.32. The molecule has 5 nitrogen and oxygen atoms in total. The van der Waals surface area contributed by atoms with Crippen LogP contribution in [0.3, 0.4) is 0 Å². The fraction of sp³-hybridized carbons (Fsp3) is 0.533. The largest absolute Gasteiger partial charge is 0.493 e. The minimum atomic E-state index is -0.158. The van der Waals surface area contributed by atoms with Crippen LogP contribution in [0.25, 0.3) is 0 Å². The average Bonchev–Trinajstić information content (AvgIpc) is 2.43. The first kappa shape index (κ1) is 16.1. The summed E-state index contributed by atoms with van der Waals surface area (Å²) in [6.45, 7) is 5.79. The van der Waals surface area contributed by atoms with Crippen LogP contribution in [-0.4, -0.2) is 32.8 Å². The SMILES string of the molecule is COc1ccccc1OCCNC(=O)NCCC(C)C. The molecule has 0 aliphatic rings. The lowest BCUT2D eigenvalue weighted by Crippen LogP contribution is -2.38.